The Morgan fingerprint density at radius 2 is 1.53 bits per heavy atom. The lowest BCUT2D eigenvalue weighted by atomic mass is 9.81. The van der Waals surface area contributed by atoms with Gasteiger partial charge in [-0.2, -0.15) is 0 Å². The molecule has 4 atom stereocenters. The summed E-state index contributed by atoms with van der Waals surface area (Å²) in [5.74, 6) is 2.00. The Morgan fingerprint density at radius 1 is 0.941 bits per heavy atom. The Bertz CT molecular complexity index is 196. The third kappa shape index (κ3) is 6.88. The molecule has 0 aliphatic heterocycles. The van der Waals surface area contributed by atoms with E-state index in [1.165, 1.54) is 32.1 Å². The van der Waals surface area contributed by atoms with Crippen LogP contribution in [0.3, 0.4) is 0 Å². The van der Waals surface area contributed by atoms with E-state index in [0.29, 0.717) is 11.8 Å². The second-order valence-corrected chi connectivity index (χ2v) is 5.54. The average Bonchev–Trinajstić information content (AvgIpc) is 2.27. The van der Waals surface area contributed by atoms with Gasteiger partial charge in [0.2, 0.25) is 0 Å². The molecule has 0 saturated carbocycles. The van der Waals surface area contributed by atoms with Crippen LogP contribution in [0.15, 0.2) is 12.2 Å². The molecule has 1 heteroatoms. The normalized spacial score (nSPS) is 19.2. The molecule has 2 N–H and O–H groups in total. The first kappa shape index (κ1) is 16.7. The number of allylic oxidation sites excluding steroid dienone is 1. The van der Waals surface area contributed by atoms with Crippen molar-refractivity contribution < 1.29 is 0 Å². The molecule has 0 rings (SSSR count). The van der Waals surface area contributed by atoms with Gasteiger partial charge in [0.15, 0.2) is 0 Å². The topological polar surface area (TPSA) is 26.0 Å². The Labute approximate surface area is 109 Å². The van der Waals surface area contributed by atoms with Crippen LogP contribution in [-0.2, 0) is 0 Å². The zero-order valence-corrected chi connectivity index (χ0v) is 12.6. The lowest BCUT2D eigenvalue weighted by molar-refractivity contribution is 0.317. The second kappa shape index (κ2) is 9.70. The van der Waals surface area contributed by atoms with E-state index in [0.717, 1.165) is 5.92 Å². The minimum atomic E-state index is 0.275. The summed E-state index contributed by atoms with van der Waals surface area (Å²) in [5, 5.41) is 0. The molecule has 102 valence electrons. The van der Waals surface area contributed by atoms with Crippen molar-refractivity contribution in [2.24, 2.45) is 23.5 Å². The van der Waals surface area contributed by atoms with E-state index in [9.17, 15) is 0 Å². The molecule has 0 aromatic rings. The quantitative estimate of drug-likeness (QED) is 0.576. The van der Waals surface area contributed by atoms with Gasteiger partial charge in [0, 0.05) is 6.04 Å². The minimum absolute atomic E-state index is 0.275. The van der Waals surface area contributed by atoms with Crippen molar-refractivity contribution in [2.75, 3.05) is 0 Å². The molecule has 0 aliphatic carbocycles. The number of hydrogen-bond donors (Lipinski definition) is 1. The summed E-state index contributed by atoms with van der Waals surface area (Å²) in [6.07, 6.45) is 11.1. The molecular formula is C16H33N. The highest BCUT2D eigenvalue weighted by Crippen LogP contribution is 2.25. The van der Waals surface area contributed by atoms with E-state index in [1.807, 2.05) is 0 Å². The van der Waals surface area contributed by atoms with Crippen LogP contribution in [-0.4, -0.2) is 6.04 Å². The summed E-state index contributed by atoms with van der Waals surface area (Å²) >= 11 is 0. The molecule has 17 heavy (non-hydrogen) atoms. The van der Waals surface area contributed by atoms with Gasteiger partial charge in [-0.3, -0.25) is 0 Å². The number of nitrogens with two attached hydrogens (primary N) is 1. The molecular weight excluding hydrogens is 206 g/mol. The van der Waals surface area contributed by atoms with Crippen molar-refractivity contribution in [2.45, 2.75) is 72.8 Å². The van der Waals surface area contributed by atoms with Crippen molar-refractivity contribution in [3.05, 3.63) is 12.2 Å². The summed E-state index contributed by atoms with van der Waals surface area (Å²) in [6.45, 7) is 11.3. The lowest BCUT2D eigenvalue weighted by Gasteiger charge is -2.27. The first-order valence-electron chi connectivity index (χ1n) is 7.50. The Balaban J connectivity index is 4.50. The van der Waals surface area contributed by atoms with E-state index in [2.05, 4.69) is 46.8 Å². The van der Waals surface area contributed by atoms with Crippen molar-refractivity contribution in [1.82, 2.24) is 0 Å². The summed E-state index contributed by atoms with van der Waals surface area (Å²) in [6, 6.07) is 0.275. The van der Waals surface area contributed by atoms with Crippen molar-refractivity contribution in [3.8, 4) is 0 Å². The molecule has 0 aliphatic rings. The zero-order valence-electron chi connectivity index (χ0n) is 12.6. The maximum atomic E-state index is 6.15. The molecule has 0 spiro atoms. The van der Waals surface area contributed by atoms with E-state index < -0.39 is 0 Å². The van der Waals surface area contributed by atoms with Gasteiger partial charge in [-0.1, -0.05) is 65.5 Å². The van der Waals surface area contributed by atoms with Gasteiger partial charge in [-0.25, -0.2) is 0 Å². The fraction of sp³-hybridized carbons (Fsp3) is 0.875. The molecule has 0 heterocycles. The first-order chi connectivity index (χ1) is 8.06. The predicted molar refractivity (Wildman–Crippen MR) is 79.0 cm³/mol. The lowest BCUT2D eigenvalue weighted by Crippen LogP contribution is -2.31. The smallest absolute Gasteiger partial charge is 0.00760 e. The highest BCUT2D eigenvalue weighted by Gasteiger charge is 2.20. The second-order valence-electron chi connectivity index (χ2n) is 5.54. The van der Waals surface area contributed by atoms with Crippen molar-refractivity contribution in [3.63, 3.8) is 0 Å². The average molecular weight is 239 g/mol. The Hall–Kier alpha value is -0.300. The van der Waals surface area contributed by atoms with Crippen molar-refractivity contribution >= 4 is 0 Å². The molecule has 0 amide bonds. The molecule has 0 radical (unpaired) electrons. The monoisotopic (exact) mass is 239 g/mol. The zero-order chi connectivity index (χ0) is 13.3. The summed E-state index contributed by atoms with van der Waals surface area (Å²) in [7, 11) is 0. The van der Waals surface area contributed by atoms with Gasteiger partial charge in [0.1, 0.15) is 0 Å². The van der Waals surface area contributed by atoms with Gasteiger partial charge in [-0.05, 0) is 31.1 Å². The van der Waals surface area contributed by atoms with Gasteiger partial charge in [0.25, 0.3) is 0 Å². The van der Waals surface area contributed by atoms with Crippen LogP contribution in [0.25, 0.3) is 0 Å². The van der Waals surface area contributed by atoms with Gasteiger partial charge in [-0.15, -0.1) is 0 Å². The molecule has 0 bridgehead atoms. The van der Waals surface area contributed by atoms with Crippen LogP contribution in [0.4, 0.5) is 0 Å². The molecule has 4 unspecified atom stereocenters. The highest BCUT2D eigenvalue weighted by molar-refractivity contribution is 4.97. The summed E-state index contributed by atoms with van der Waals surface area (Å²) < 4.78 is 0. The Morgan fingerprint density at radius 3 is 1.94 bits per heavy atom. The maximum Gasteiger partial charge on any atom is 0.00760 e. The van der Waals surface area contributed by atoms with Crippen molar-refractivity contribution in [1.29, 1.82) is 0 Å². The van der Waals surface area contributed by atoms with Crippen LogP contribution in [0, 0.1) is 17.8 Å². The molecule has 0 saturated heterocycles. The van der Waals surface area contributed by atoms with E-state index >= 15 is 0 Å². The fourth-order valence-corrected chi connectivity index (χ4v) is 2.67. The van der Waals surface area contributed by atoms with Crippen LogP contribution in [0.2, 0.25) is 0 Å². The third-order valence-corrected chi connectivity index (χ3v) is 3.74. The van der Waals surface area contributed by atoms with Crippen LogP contribution in [0.5, 0.6) is 0 Å². The first-order valence-corrected chi connectivity index (χ1v) is 7.50. The van der Waals surface area contributed by atoms with E-state index in [-0.39, 0.29) is 6.04 Å². The molecule has 1 nitrogen and oxygen atoms in total. The predicted octanol–water partition coefficient (Wildman–Crippen LogP) is 4.77. The molecule has 0 aromatic carbocycles. The number of hydrogen-bond acceptors (Lipinski definition) is 1. The minimum Gasteiger partial charge on any atom is -0.327 e. The van der Waals surface area contributed by atoms with Crippen LogP contribution >= 0.6 is 0 Å². The maximum absolute atomic E-state index is 6.15. The Kier molecular flexibility index (Phi) is 9.53. The largest absolute Gasteiger partial charge is 0.327 e. The standard InChI is InChI=1S/C16H33N/c1-6-9-13(4)11-12-16(14(5)17)15(8-3)10-7-2/h11-16H,6-10,17H2,1-5H3. The highest BCUT2D eigenvalue weighted by atomic mass is 14.6. The fourth-order valence-electron chi connectivity index (χ4n) is 2.67. The SMILES string of the molecule is CCCC(C)C=CC(C(C)N)C(CC)CCC. The van der Waals surface area contributed by atoms with Crippen LogP contribution < -0.4 is 5.73 Å². The van der Waals surface area contributed by atoms with Gasteiger partial charge >= 0.3 is 0 Å². The van der Waals surface area contributed by atoms with Gasteiger partial charge < -0.3 is 5.73 Å². The van der Waals surface area contributed by atoms with Gasteiger partial charge in [0.05, 0.1) is 0 Å². The summed E-state index contributed by atoms with van der Waals surface area (Å²) in [4.78, 5) is 0. The number of rotatable bonds is 9. The molecule has 0 aromatic heterocycles. The summed E-state index contributed by atoms with van der Waals surface area (Å²) in [5.41, 5.74) is 6.15. The van der Waals surface area contributed by atoms with E-state index in [1.54, 1.807) is 0 Å². The third-order valence-electron chi connectivity index (χ3n) is 3.74. The van der Waals surface area contributed by atoms with E-state index in [4.69, 9.17) is 5.73 Å². The van der Waals surface area contributed by atoms with Crippen LogP contribution in [0.1, 0.15) is 66.7 Å². The molecule has 0 fully saturated rings.